The van der Waals surface area contributed by atoms with Crippen molar-refractivity contribution in [3.05, 3.63) is 64.1 Å². The van der Waals surface area contributed by atoms with E-state index in [0.717, 1.165) is 4.47 Å². The summed E-state index contributed by atoms with van der Waals surface area (Å²) in [7, 11) is 0. The molecule has 1 N–H and O–H groups in total. The van der Waals surface area contributed by atoms with E-state index in [1.54, 1.807) is 42.5 Å². The predicted octanol–water partition coefficient (Wildman–Crippen LogP) is 3.92. The van der Waals surface area contributed by atoms with E-state index < -0.39 is 11.9 Å². The van der Waals surface area contributed by atoms with Crippen LogP contribution >= 0.6 is 15.9 Å². The maximum atomic E-state index is 12.2. The van der Waals surface area contributed by atoms with Crippen molar-refractivity contribution in [1.82, 2.24) is 0 Å². The van der Waals surface area contributed by atoms with Crippen LogP contribution < -0.4 is 10.1 Å². The van der Waals surface area contributed by atoms with Gasteiger partial charge < -0.3 is 10.1 Å². The summed E-state index contributed by atoms with van der Waals surface area (Å²) in [6.07, 6.45) is 1.46. The molecule has 0 unspecified atom stereocenters. The third kappa shape index (κ3) is 4.80. The Hall–Kier alpha value is -2.91. The summed E-state index contributed by atoms with van der Waals surface area (Å²) in [5, 5.41) is 11.9. The lowest BCUT2D eigenvalue weighted by Gasteiger charge is -2.06. The van der Waals surface area contributed by atoms with Gasteiger partial charge in [0.25, 0.3) is 5.91 Å². The van der Waals surface area contributed by atoms with Gasteiger partial charge in [0.1, 0.15) is 17.4 Å². The van der Waals surface area contributed by atoms with E-state index in [9.17, 15) is 14.9 Å². The molecule has 0 heterocycles. The van der Waals surface area contributed by atoms with Crippen LogP contribution in [0.3, 0.4) is 0 Å². The van der Waals surface area contributed by atoms with E-state index in [1.807, 2.05) is 12.1 Å². The molecule has 0 spiro atoms. The summed E-state index contributed by atoms with van der Waals surface area (Å²) in [5.74, 6) is -0.520. The van der Waals surface area contributed by atoms with Gasteiger partial charge >= 0.3 is 5.97 Å². The van der Waals surface area contributed by atoms with Gasteiger partial charge in [0.15, 0.2) is 0 Å². The van der Waals surface area contributed by atoms with Gasteiger partial charge in [0.05, 0.1) is 5.69 Å². The van der Waals surface area contributed by atoms with Gasteiger partial charge in [0, 0.05) is 11.4 Å². The van der Waals surface area contributed by atoms with E-state index in [4.69, 9.17) is 4.74 Å². The maximum Gasteiger partial charge on any atom is 0.308 e. The first-order chi connectivity index (χ1) is 11.5. The van der Waals surface area contributed by atoms with Gasteiger partial charge in [-0.05, 0) is 51.8 Å². The molecular weight excluding hydrogens is 372 g/mol. The van der Waals surface area contributed by atoms with Crippen molar-refractivity contribution >= 4 is 39.6 Å². The minimum absolute atomic E-state index is 0.0361. The molecule has 0 radical (unpaired) electrons. The van der Waals surface area contributed by atoms with Crippen LogP contribution in [0.1, 0.15) is 12.5 Å². The number of amides is 1. The molecule has 0 fully saturated rings. The van der Waals surface area contributed by atoms with Gasteiger partial charge in [-0.2, -0.15) is 5.26 Å². The second kappa shape index (κ2) is 8.09. The molecular formula is C18H13BrN2O3. The Morgan fingerprint density at radius 2 is 1.83 bits per heavy atom. The standard InChI is InChI=1S/C18H13BrN2O3/c1-12(22)24-15-8-6-13(7-9-15)10-14(11-20)18(23)21-17-5-3-2-4-16(17)19/h2-10H,1H3,(H,21,23)/b14-10+. The zero-order valence-corrected chi connectivity index (χ0v) is 14.3. The largest absolute Gasteiger partial charge is 0.427 e. The van der Waals surface area contributed by atoms with Gasteiger partial charge in [-0.3, -0.25) is 9.59 Å². The summed E-state index contributed by atoms with van der Waals surface area (Å²) in [4.78, 5) is 23.1. The second-order valence-corrected chi connectivity index (χ2v) is 5.62. The van der Waals surface area contributed by atoms with Crippen LogP contribution in [0.15, 0.2) is 58.6 Å². The fourth-order valence-electron chi connectivity index (χ4n) is 1.87. The number of carbonyl (C=O) groups excluding carboxylic acids is 2. The lowest BCUT2D eigenvalue weighted by molar-refractivity contribution is -0.131. The Labute approximate surface area is 147 Å². The Morgan fingerprint density at radius 1 is 1.17 bits per heavy atom. The van der Waals surface area contributed by atoms with E-state index in [-0.39, 0.29) is 5.57 Å². The zero-order chi connectivity index (χ0) is 17.5. The molecule has 0 aliphatic rings. The highest BCUT2D eigenvalue weighted by Gasteiger charge is 2.11. The van der Waals surface area contributed by atoms with Crippen molar-refractivity contribution in [1.29, 1.82) is 5.26 Å². The Morgan fingerprint density at radius 3 is 2.42 bits per heavy atom. The van der Waals surface area contributed by atoms with Crippen molar-refractivity contribution in [3.63, 3.8) is 0 Å². The number of benzene rings is 2. The summed E-state index contributed by atoms with van der Waals surface area (Å²) in [6, 6.07) is 15.5. The van der Waals surface area contributed by atoms with Crippen LogP contribution in [0.5, 0.6) is 5.75 Å². The summed E-state index contributed by atoms with van der Waals surface area (Å²) < 4.78 is 5.65. The molecule has 0 aliphatic carbocycles. The molecule has 0 saturated carbocycles. The number of esters is 1. The molecule has 2 aromatic rings. The predicted molar refractivity (Wildman–Crippen MR) is 94.1 cm³/mol. The maximum absolute atomic E-state index is 12.2. The molecule has 0 aliphatic heterocycles. The number of nitriles is 1. The van der Waals surface area contributed by atoms with E-state index in [2.05, 4.69) is 21.2 Å². The topological polar surface area (TPSA) is 79.2 Å². The fourth-order valence-corrected chi connectivity index (χ4v) is 2.25. The van der Waals surface area contributed by atoms with E-state index in [1.165, 1.54) is 13.0 Å². The summed E-state index contributed by atoms with van der Waals surface area (Å²) >= 11 is 3.33. The monoisotopic (exact) mass is 384 g/mol. The normalized spacial score (nSPS) is 10.6. The Balaban J connectivity index is 2.16. The average molecular weight is 385 g/mol. The van der Waals surface area contributed by atoms with E-state index >= 15 is 0 Å². The smallest absolute Gasteiger partial charge is 0.308 e. The number of hydrogen-bond acceptors (Lipinski definition) is 4. The zero-order valence-electron chi connectivity index (χ0n) is 12.7. The van der Waals surface area contributed by atoms with Crippen molar-refractivity contribution < 1.29 is 14.3 Å². The molecule has 1 amide bonds. The highest BCUT2D eigenvalue weighted by atomic mass is 79.9. The minimum atomic E-state index is -0.506. The van der Waals surface area contributed by atoms with Crippen molar-refractivity contribution in [3.8, 4) is 11.8 Å². The lowest BCUT2D eigenvalue weighted by Crippen LogP contribution is -2.13. The first-order valence-electron chi connectivity index (χ1n) is 6.96. The molecule has 2 rings (SSSR count). The van der Waals surface area contributed by atoms with Crippen LogP contribution in [0.4, 0.5) is 5.69 Å². The first kappa shape index (κ1) is 17.4. The molecule has 0 aromatic heterocycles. The minimum Gasteiger partial charge on any atom is -0.427 e. The van der Waals surface area contributed by atoms with Gasteiger partial charge in [0.2, 0.25) is 0 Å². The van der Waals surface area contributed by atoms with Crippen LogP contribution in [0.2, 0.25) is 0 Å². The molecule has 120 valence electrons. The van der Waals surface area contributed by atoms with Gasteiger partial charge in [-0.15, -0.1) is 0 Å². The van der Waals surface area contributed by atoms with Crippen LogP contribution in [0, 0.1) is 11.3 Å². The number of nitrogens with one attached hydrogen (secondary N) is 1. The molecule has 6 heteroatoms. The molecule has 5 nitrogen and oxygen atoms in total. The third-order valence-electron chi connectivity index (χ3n) is 2.94. The third-order valence-corrected chi connectivity index (χ3v) is 3.63. The number of ether oxygens (including phenoxy) is 1. The van der Waals surface area contributed by atoms with Crippen LogP contribution in [0.25, 0.3) is 6.08 Å². The van der Waals surface area contributed by atoms with Crippen molar-refractivity contribution in [2.24, 2.45) is 0 Å². The number of rotatable bonds is 4. The molecule has 0 saturated heterocycles. The summed E-state index contributed by atoms with van der Waals surface area (Å²) in [6.45, 7) is 1.31. The SMILES string of the molecule is CC(=O)Oc1ccc(/C=C(\C#N)C(=O)Nc2ccccc2Br)cc1. The van der Waals surface area contributed by atoms with Gasteiger partial charge in [-0.25, -0.2) is 0 Å². The number of anilines is 1. The number of halogens is 1. The number of hydrogen-bond donors (Lipinski definition) is 1. The van der Waals surface area contributed by atoms with E-state index in [0.29, 0.717) is 17.0 Å². The molecule has 24 heavy (non-hydrogen) atoms. The van der Waals surface area contributed by atoms with Gasteiger partial charge in [-0.1, -0.05) is 24.3 Å². The fraction of sp³-hybridized carbons (Fsp3) is 0.0556. The Bertz CT molecular complexity index is 836. The number of para-hydroxylation sites is 1. The molecule has 0 atom stereocenters. The average Bonchev–Trinajstić information content (AvgIpc) is 2.55. The lowest BCUT2D eigenvalue weighted by atomic mass is 10.1. The highest BCUT2D eigenvalue weighted by molar-refractivity contribution is 9.10. The highest BCUT2D eigenvalue weighted by Crippen LogP contribution is 2.22. The first-order valence-corrected chi connectivity index (χ1v) is 7.75. The number of nitrogens with zero attached hydrogens (tertiary/aromatic N) is 1. The quantitative estimate of drug-likeness (QED) is 0.375. The summed E-state index contributed by atoms with van der Waals surface area (Å²) in [5.41, 5.74) is 1.18. The Kier molecular flexibility index (Phi) is 5.88. The van der Waals surface area contributed by atoms with Crippen molar-refractivity contribution in [2.45, 2.75) is 6.92 Å². The molecule has 2 aromatic carbocycles. The van der Waals surface area contributed by atoms with Crippen LogP contribution in [-0.2, 0) is 9.59 Å². The van der Waals surface area contributed by atoms with Crippen molar-refractivity contribution in [2.75, 3.05) is 5.32 Å². The van der Waals surface area contributed by atoms with Crippen LogP contribution in [-0.4, -0.2) is 11.9 Å². The second-order valence-electron chi connectivity index (χ2n) is 4.77. The molecule has 0 bridgehead atoms. The number of carbonyl (C=O) groups is 2.